The van der Waals surface area contributed by atoms with Crippen molar-refractivity contribution in [1.82, 2.24) is 25.3 Å². The summed E-state index contributed by atoms with van der Waals surface area (Å²) in [5.41, 5.74) is 1.29. The number of likely N-dealkylation sites (tertiary alicyclic amines) is 1. The summed E-state index contributed by atoms with van der Waals surface area (Å²) in [6, 6.07) is 0. The molecular formula is C18H35IN6. The maximum absolute atomic E-state index is 4.30. The van der Waals surface area contributed by atoms with Crippen LogP contribution in [0.5, 0.6) is 0 Å². The summed E-state index contributed by atoms with van der Waals surface area (Å²) >= 11 is 0. The smallest absolute Gasteiger partial charge is 0.190 e. The minimum atomic E-state index is 0. The summed E-state index contributed by atoms with van der Waals surface area (Å²) in [5, 5.41) is 11.0. The number of nitrogens with one attached hydrogen (secondary N) is 2. The molecule has 1 aliphatic heterocycles. The molecule has 0 atom stereocenters. The molecular weight excluding hydrogens is 427 g/mol. The van der Waals surface area contributed by atoms with E-state index in [9.17, 15) is 0 Å². The third kappa shape index (κ3) is 8.89. The number of hydrogen-bond acceptors (Lipinski definition) is 3. The van der Waals surface area contributed by atoms with Crippen LogP contribution in [0.1, 0.15) is 38.2 Å². The summed E-state index contributed by atoms with van der Waals surface area (Å²) in [6.45, 7) is 8.00. The van der Waals surface area contributed by atoms with Crippen molar-refractivity contribution in [1.29, 1.82) is 0 Å². The lowest BCUT2D eigenvalue weighted by molar-refractivity contribution is 0.191. The molecule has 0 spiro atoms. The zero-order valence-electron chi connectivity index (χ0n) is 16.0. The van der Waals surface area contributed by atoms with Crippen molar-refractivity contribution in [3.63, 3.8) is 0 Å². The van der Waals surface area contributed by atoms with E-state index < -0.39 is 0 Å². The van der Waals surface area contributed by atoms with Crippen molar-refractivity contribution in [2.75, 3.05) is 39.8 Å². The summed E-state index contributed by atoms with van der Waals surface area (Å²) < 4.78 is 1.85. The minimum Gasteiger partial charge on any atom is -0.356 e. The molecule has 25 heavy (non-hydrogen) atoms. The Hall–Kier alpha value is -0.830. The Bertz CT molecular complexity index is 494. The van der Waals surface area contributed by atoms with Gasteiger partial charge in [-0.1, -0.05) is 6.92 Å². The van der Waals surface area contributed by atoms with Crippen LogP contribution in [-0.4, -0.2) is 60.4 Å². The van der Waals surface area contributed by atoms with Crippen molar-refractivity contribution in [3.05, 3.63) is 18.0 Å². The predicted molar refractivity (Wildman–Crippen MR) is 116 cm³/mol. The van der Waals surface area contributed by atoms with Crippen molar-refractivity contribution in [3.8, 4) is 0 Å². The van der Waals surface area contributed by atoms with Crippen LogP contribution in [-0.2, 0) is 13.5 Å². The summed E-state index contributed by atoms with van der Waals surface area (Å²) in [6.07, 6.45) is 10.0. The van der Waals surface area contributed by atoms with Gasteiger partial charge in [-0.2, -0.15) is 5.10 Å². The van der Waals surface area contributed by atoms with E-state index >= 15 is 0 Å². The van der Waals surface area contributed by atoms with Gasteiger partial charge in [0.15, 0.2) is 5.96 Å². The molecule has 0 unspecified atom stereocenters. The molecule has 0 saturated carbocycles. The van der Waals surface area contributed by atoms with E-state index in [1.54, 1.807) is 0 Å². The van der Waals surface area contributed by atoms with E-state index in [2.05, 4.69) is 38.7 Å². The highest BCUT2D eigenvalue weighted by Crippen LogP contribution is 2.15. The van der Waals surface area contributed by atoms with Crippen LogP contribution in [0.25, 0.3) is 0 Å². The molecule has 0 aliphatic carbocycles. The molecule has 144 valence electrons. The van der Waals surface area contributed by atoms with Crippen LogP contribution in [0.15, 0.2) is 17.4 Å². The molecule has 1 aromatic rings. The van der Waals surface area contributed by atoms with E-state index in [0.717, 1.165) is 37.8 Å². The molecule has 2 rings (SSSR count). The van der Waals surface area contributed by atoms with Crippen molar-refractivity contribution in [2.45, 2.75) is 39.0 Å². The number of hydrogen-bond donors (Lipinski definition) is 2. The Balaban J connectivity index is 0.00000312. The van der Waals surface area contributed by atoms with Crippen molar-refractivity contribution >= 4 is 29.9 Å². The Labute approximate surface area is 169 Å². The van der Waals surface area contributed by atoms with Crippen molar-refractivity contribution < 1.29 is 0 Å². The van der Waals surface area contributed by atoms with Gasteiger partial charge in [-0.15, -0.1) is 24.0 Å². The molecule has 2 heterocycles. The van der Waals surface area contributed by atoms with Gasteiger partial charge in [-0.3, -0.25) is 9.67 Å². The molecule has 0 bridgehead atoms. The van der Waals surface area contributed by atoms with Gasteiger partial charge in [0.1, 0.15) is 0 Å². The number of guanidine groups is 1. The lowest BCUT2D eigenvalue weighted by Crippen LogP contribution is -2.40. The first kappa shape index (κ1) is 22.2. The molecule has 0 aromatic carbocycles. The summed E-state index contributed by atoms with van der Waals surface area (Å²) in [4.78, 5) is 6.88. The molecule has 7 heteroatoms. The molecule has 0 radical (unpaired) electrons. The average molecular weight is 462 g/mol. The highest BCUT2D eigenvalue weighted by atomic mass is 127. The van der Waals surface area contributed by atoms with Gasteiger partial charge in [0.05, 0.1) is 6.20 Å². The lowest BCUT2D eigenvalue weighted by Gasteiger charge is -2.30. The maximum atomic E-state index is 4.30. The van der Waals surface area contributed by atoms with Gasteiger partial charge in [0, 0.05) is 33.4 Å². The Morgan fingerprint density at radius 1 is 1.24 bits per heavy atom. The average Bonchev–Trinajstić information content (AvgIpc) is 3.00. The first-order chi connectivity index (χ1) is 11.7. The van der Waals surface area contributed by atoms with Crippen LogP contribution in [0.4, 0.5) is 0 Å². The highest BCUT2D eigenvalue weighted by Gasteiger charge is 2.14. The summed E-state index contributed by atoms with van der Waals surface area (Å²) in [7, 11) is 3.79. The van der Waals surface area contributed by atoms with E-state index in [1.165, 1.54) is 44.5 Å². The number of piperidine rings is 1. The third-order valence-electron chi connectivity index (χ3n) is 4.74. The Morgan fingerprint density at radius 3 is 2.52 bits per heavy atom. The Kier molecular flexibility index (Phi) is 11.1. The number of aryl methyl sites for hydroxylation is 2. The van der Waals surface area contributed by atoms with Crippen LogP contribution in [0.3, 0.4) is 0 Å². The zero-order chi connectivity index (χ0) is 17.2. The minimum absolute atomic E-state index is 0. The second-order valence-corrected chi connectivity index (χ2v) is 6.93. The highest BCUT2D eigenvalue weighted by molar-refractivity contribution is 14.0. The van der Waals surface area contributed by atoms with Gasteiger partial charge in [0.2, 0.25) is 0 Å². The number of halogens is 1. The van der Waals surface area contributed by atoms with E-state index in [4.69, 9.17) is 0 Å². The molecule has 6 nitrogen and oxygen atoms in total. The van der Waals surface area contributed by atoms with Gasteiger partial charge >= 0.3 is 0 Å². The van der Waals surface area contributed by atoms with Crippen LogP contribution >= 0.6 is 24.0 Å². The van der Waals surface area contributed by atoms with Crippen LogP contribution in [0, 0.1) is 5.92 Å². The van der Waals surface area contributed by atoms with Crippen LogP contribution < -0.4 is 10.6 Å². The topological polar surface area (TPSA) is 57.5 Å². The number of rotatable bonds is 8. The molecule has 2 N–H and O–H groups in total. The molecule has 1 aliphatic rings. The molecule has 0 amide bonds. The van der Waals surface area contributed by atoms with Gasteiger partial charge < -0.3 is 15.5 Å². The second kappa shape index (κ2) is 12.5. The maximum Gasteiger partial charge on any atom is 0.190 e. The first-order valence-corrected chi connectivity index (χ1v) is 9.31. The molecule has 1 fully saturated rings. The number of aliphatic imine (C=N–C) groups is 1. The fraction of sp³-hybridized carbons (Fsp3) is 0.778. The lowest BCUT2D eigenvalue weighted by atomic mass is 9.99. The number of nitrogens with zero attached hydrogens (tertiary/aromatic N) is 4. The van der Waals surface area contributed by atoms with Gasteiger partial charge in [-0.25, -0.2) is 0 Å². The fourth-order valence-electron chi connectivity index (χ4n) is 3.12. The predicted octanol–water partition coefficient (Wildman–Crippen LogP) is 2.26. The summed E-state index contributed by atoms with van der Waals surface area (Å²) in [5.74, 6) is 1.82. The van der Waals surface area contributed by atoms with Crippen molar-refractivity contribution in [2.24, 2.45) is 18.0 Å². The largest absolute Gasteiger partial charge is 0.356 e. The monoisotopic (exact) mass is 462 g/mol. The van der Waals surface area contributed by atoms with Crippen LogP contribution in [0.2, 0.25) is 0 Å². The zero-order valence-corrected chi connectivity index (χ0v) is 18.3. The number of aromatic nitrogens is 2. The SMILES string of the molecule is CN=C(NCCCc1cnn(C)c1)NCCCN1CCC(C)CC1.I. The van der Waals surface area contributed by atoms with Gasteiger partial charge in [-0.05, 0) is 63.2 Å². The quantitative estimate of drug-likeness (QED) is 0.269. The Morgan fingerprint density at radius 2 is 1.92 bits per heavy atom. The van der Waals surface area contributed by atoms with E-state index in [-0.39, 0.29) is 24.0 Å². The third-order valence-corrected chi connectivity index (χ3v) is 4.74. The second-order valence-electron chi connectivity index (χ2n) is 6.93. The standard InChI is InChI=1S/C18H34N6.HI/c1-16-7-12-24(13-8-16)11-5-10-21-18(19-2)20-9-4-6-17-14-22-23(3)15-17;/h14-16H,4-13H2,1-3H3,(H2,19,20,21);1H. The van der Waals surface area contributed by atoms with E-state index in [1.807, 2.05) is 25.0 Å². The fourth-order valence-corrected chi connectivity index (χ4v) is 3.12. The molecule has 1 aromatic heterocycles. The molecule has 1 saturated heterocycles. The first-order valence-electron chi connectivity index (χ1n) is 9.31. The normalized spacial score (nSPS) is 16.5. The van der Waals surface area contributed by atoms with Gasteiger partial charge in [0.25, 0.3) is 0 Å². The van der Waals surface area contributed by atoms with E-state index in [0.29, 0.717) is 0 Å².